The van der Waals surface area contributed by atoms with E-state index in [4.69, 9.17) is 0 Å². The smallest absolute Gasteiger partial charge is 0.387 e. The van der Waals surface area contributed by atoms with Gasteiger partial charge < -0.3 is 9.72 Å². The number of aromatic nitrogens is 2. The largest absolute Gasteiger partial charge is 0.434 e. The van der Waals surface area contributed by atoms with E-state index in [1.165, 1.54) is 11.6 Å². The Bertz CT molecular complexity index is 768. The molecular formula is C16H14F2N2O. The first-order valence-electron chi connectivity index (χ1n) is 6.70. The molecule has 3 nitrogen and oxygen atoms in total. The fourth-order valence-electron chi connectivity index (χ4n) is 2.27. The molecule has 1 heterocycles. The van der Waals surface area contributed by atoms with E-state index >= 15 is 0 Å². The number of nitrogens with zero attached hydrogens (tertiary/aromatic N) is 1. The molecule has 0 bridgehead atoms. The molecule has 0 unspecified atom stereocenters. The molecule has 2 aromatic carbocycles. The van der Waals surface area contributed by atoms with Crippen LogP contribution >= 0.6 is 0 Å². The predicted octanol–water partition coefficient (Wildman–Crippen LogP) is 4.39. The minimum Gasteiger partial charge on any atom is -0.434 e. The quantitative estimate of drug-likeness (QED) is 0.773. The molecule has 5 heteroatoms. The molecule has 1 aromatic heterocycles. The molecule has 0 aliphatic rings. The minimum atomic E-state index is -2.86. The summed E-state index contributed by atoms with van der Waals surface area (Å²) in [5, 5.41) is 0. The molecule has 108 valence electrons. The van der Waals surface area contributed by atoms with Crippen molar-refractivity contribution in [3.8, 4) is 17.1 Å². The van der Waals surface area contributed by atoms with Crippen molar-refractivity contribution in [3.05, 3.63) is 48.0 Å². The monoisotopic (exact) mass is 288 g/mol. The lowest BCUT2D eigenvalue weighted by Gasteiger charge is -2.08. The van der Waals surface area contributed by atoms with E-state index in [-0.39, 0.29) is 5.75 Å². The second-order valence-electron chi connectivity index (χ2n) is 4.67. The van der Waals surface area contributed by atoms with Gasteiger partial charge in [-0.25, -0.2) is 4.98 Å². The second-order valence-corrected chi connectivity index (χ2v) is 4.67. The SMILES string of the molecule is CCc1ccc2nc(-c3ccccc3OC(F)F)[nH]c2c1. The van der Waals surface area contributed by atoms with Crippen LogP contribution in [0.15, 0.2) is 42.5 Å². The number of benzene rings is 2. The summed E-state index contributed by atoms with van der Waals surface area (Å²) in [6.45, 7) is -0.785. The van der Waals surface area contributed by atoms with Gasteiger partial charge in [0.05, 0.1) is 16.6 Å². The second kappa shape index (κ2) is 5.52. The van der Waals surface area contributed by atoms with Crippen molar-refractivity contribution in [2.75, 3.05) is 0 Å². The van der Waals surface area contributed by atoms with E-state index < -0.39 is 6.61 Å². The molecule has 1 N–H and O–H groups in total. The zero-order chi connectivity index (χ0) is 14.8. The molecule has 0 fully saturated rings. The molecule has 0 radical (unpaired) electrons. The minimum absolute atomic E-state index is 0.113. The van der Waals surface area contributed by atoms with Crippen LogP contribution in [0.5, 0.6) is 5.75 Å². The highest BCUT2D eigenvalue weighted by atomic mass is 19.3. The normalized spacial score (nSPS) is 11.2. The molecule has 0 aliphatic carbocycles. The fraction of sp³-hybridized carbons (Fsp3) is 0.188. The molecule has 3 aromatic rings. The number of H-pyrrole nitrogens is 1. The van der Waals surface area contributed by atoms with Crippen molar-refractivity contribution >= 4 is 11.0 Å². The number of nitrogens with one attached hydrogen (secondary N) is 1. The molecule has 0 amide bonds. The number of aromatic amines is 1. The first kappa shape index (κ1) is 13.5. The van der Waals surface area contributed by atoms with Gasteiger partial charge in [0, 0.05) is 0 Å². The summed E-state index contributed by atoms with van der Waals surface area (Å²) in [4.78, 5) is 7.61. The average Bonchev–Trinajstić information content (AvgIpc) is 2.89. The van der Waals surface area contributed by atoms with E-state index in [0.29, 0.717) is 11.4 Å². The van der Waals surface area contributed by atoms with Crippen LogP contribution in [-0.2, 0) is 6.42 Å². The Hall–Kier alpha value is -2.43. The first-order valence-corrected chi connectivity index (χ1v) is 6.70. The summed E-state index contributed by atoms with van der Waals surface area (Å²) in [5.74, 6) is 0.636. The molecule has 21 heavy (non-hydrogen) atoms. The molecule has 0 saturated heterocycles. The Morgan fingerprint density at radius 3 is 2.76 bits per heavy atom. The van der Waals surface area contributed by atoms with Crippen LogP contribution in [0.25, 0.3) is 22.4 Å². The van der Waals surface area contributed by atoms with E-state index in [2.05, 4.69) is 21.6 Å². The third kappa shape index (κ3) is 2.72. The molecule has 0 atom stereocenters. The van der Waals surface area contributed by atoms with Gasteiger partial charge in [0.25, 0.3) is 0 Å². The lowest BCUT2D eigenvalue weighted by molar-refractivity contribution is -0.0494. The summed E-state index contributed by atoms with van der Waals surface area (Å²) in [6.07, 6.45) is 0.926. The number of alkyl halides is 2. The van der Waals surface area contributed by atoms with Gasteiger partial charge in [0.15, 0.2) is 0 Å². The highest BCUT2D eigenvalue weighted by Crippen LogP contribution is 2.30. The van der Waals surface area contributed by atoms with Gasteiger partial charge in [0.2, 0.25) is 0 Å². The predicted molar refractivity (Wildman–Crippen MR) is 77.5 cm³/mol. The van der Waals surface area contributed by atoms with Gasteiger partial charge in [-0.3, -0.25) is 0 Å². The van der Waals surface area contributed by atoms with Gasteiger partial charge in [0.1, 0.15) is 11.6 Å². The number of ether oxygens (including phenoxy) is 1. The molecule has 0 saturated carbocycles. The number of aryl methyl sites for hydroxylation is 1. The van der Waals surface area contributed by atoms with Crippen molar-refractivity contribution in [3.63, 3.8) is 0 Å². The van der Waals surface area contributed by atoms with Crippen LogP contribution < -0.4 is 4.74 Å². The molecule has 0 spiro atoms. The standard InChI is InChI=1S/C16H14F2N2O/c1-2-10-7-8-12-13(9-10)20-15(19-12)11-5-3-4-6-14(11)21-16(17)18/h3-9,16H,2H2,1H3,(H,19,20). The topological polar surface area (TPSA) is 37.9 Å². The van der Waals surface area contributed by atoms with Gasteiger partial charge in [-0.2, -0.15) is 8.78 Å². The number of hydrogen-bond acceptors (Lipinski definition) is 2. The van der Waals surface area contributed by atoms with Gasteiger partial charge in [-0.1, -0.05) is 25.1 Å². The van der Waals surface area contributed by atoms with Crippen LogP contribution in [0, 0.1) is 0 Å². The summed E-state index contributed by atoms with van der Waals surface area (Å²) < 4.78 is 29.5. The Balaban J connectivity index is 2.08. The molecule has 0 aliphatic heterocycles. The van der Waals surface area contributed by atoms with Crippen LogP contribution in [0.2, 0.25) is 0 Å². The summed E-state index contributed by atoms with van der Waals surface area (Å²) in [5.41, 5.74) is 3.40. The van der Waals surface area contributed by atoms with Crippen LogP contribution in [-0.4, -0.2) is 16.6 Å². The number of imidazole rings is 1. The summed E-state index contributed by atoms with van der Waals surface area (Å²) in [7, 11) is 0. The lowest BCUT2D eigenvalue weighted by Crippen LogP contribution is -2.03. The van der Waals surface area contributed by atoms with Crippen LogP contribution in [0.4, 0.5) is 8.78 Å². The zero-order valence-corrected chi connectivity index (χ0v) is 11.4. The van der Waals surface area contributed by atoms with Crippen molar-refractivity contribution in [1.82, 2.24) is 9.97 Å². The van der Waals surface area contributed by atoms with E-state index in [0.717, 1.165) is 17.5 Å². The van der Waals surface area contributed by atoms with Crippen molar-refractivity contribution < 1.29 is 13.5 Å². The molecular weight excluding hydrogens is 274 g/mol. The lowest BCUT2D eigenvalue weighted by atomic mass is 10.1. The maximum atomic E-state index is 12.5. The van der Waals surface area contributed by atoms with Crippen LogP contribution in [0.3, 0.4) is 0 Å². The average molecular weight is 288 g/mol. The van der Waals surface area contributed by atoms with Crippen LogP contribution in [0.1, 0.15) is 12.5 Å². The van der Waals surface area contributed by atoms with E-state index in [1.807, 2.05) is 18.2 Å². The van der Waals surface area contributed by atoms with Gasteiger partial charge in [-0.15, -0.1) is 0 Å². The summed E-state index contributed by atoms with van der Waals surface area (Å²) in [6, 6.07) is 12.6. The van der Waals surface area contributed by atoms with Crippen molar-refractivity contribution in [2.24, 2.45) is 0 Å². The van der Waals surface area contributed by atoms with Gasteiger partial charge in [-0.05, 0) is 36.2 Å². The highest BCUT2D eigenvalue weighted by molar-refractivity contribution is 5.81. The third-order valence-corrected chi connectivity index (χ3v) is 3.31. The number of fused-ring (bicyclic) bond motifs is 1. The Morgan fingerprint density at radius 1 is 1.19 bits per heavy atom. The van der Waals surface area contributed by atoms with Crippen molar-refractivity contribution in [2.45, 2.75) is 20.0 Å². The maximum absolute atomic E-state index is 12.5. The Morgan fingerprint density at radius 2 is 2.00 bits per heavy atom. The van der Waals surface area contributed by atoms with E-state index in [1.54, 1.807) is 18.2 Å². The Kier molecular flexibility index (Phi) is 3.56. The first-order chi connectivity index (χ1) is 10.2. The van der Waals surface area contributed by atoms with E-state index in [9.17, 15) is 8.78 Å². The fourth-order valence-corrected chi connectivity index (χ4v) is 2.27. The highest BCUT2D eigenvalue weighted by Gasteiger charge is 2.13. The number of halogens is 2. The summed E-state index contributed by atoms with van der Waals surface area (Å²) >= 11 is 0. The Labute approximate surface area is 120 Å². The maximum Gasteiger partial charge on any atom is 0.387 e. The molecule has 3 rings (SSSR count). The zero-order valence-electron chi connectivity index (χ0n) is 11.4. The third-order valence-electron chi connectivity index (χ3n) is 3.31. The number of hydrogen-bond donors (Lipinski definition) is 1. The number of para-hydroxylation sites is 1. The van der Waals surface area contributed by atoms with Crippen molar-refractivity contribution in [1.29, 1.82) is 0 Å². The van der Waals surface area contributed by atoms with Gasteiger partial charge >= 0.3 is 6.61 Å². The number of rotatable bonds is 4.